The number of hydrogen-bond donors (Lipinski definition) is 1. The molecule has 0 aliphatic carbocycles. The molecule has 2 atom stereocenters. The molecule has 1 N–H and O–H groups in total. The largest absolute Gasteiger partial charge is 0.507 e. The molecule has 0 saturated carbocycles. The second-order valence-corrected chi connectivity index (χ2v) is 15.6. The summed E-state index contributed by atoms with van der Waals surface area (Å²) in [7, 11) is 5.56. The lowest BCUT2D eigenvalue weighted by molar-refractivity contribution is -0.127. The molecule has 1 amide bonds. The van der Waals surface area contributed by atoms with Crippen molar-refractivity contribution in [3.63, 3.8) is 0 Å². The van der Waals surface area contributed by atoms with Crippen LogP contribution in [0.1, 0.15) is 73.8 Å². The molecule has 8 heteroatoms. The maximum atomic E-state index is 14.8. The van der Waals surface area contributed by atoms with Crippen LogP contribution in [0, 0.1) is 0 Å². The molecule has 248 valence electrons. The van der Waals surface area contributed by atoms with E-state index < -0.39 is 28.2 Å². The maximum Gasteiger partial charge on any atom is 0.338 e. The molecule has 0 aromatic heterocycles. The molecule has 4 aromatic carbocycles. The van der Waals surface area contributed by atoms with Crippen LogP contribution in [0.5, 0.6) is 11.5 Å². The Labute approximate surface area is 282 Å². The van der Waals surface area contributed by atoms with Crippen molar-refractivity contribution in [3.05, 3.63) is 95.1 Å². The number of phenols is 1. The van der Waals surface area contributed by atoms with Crippen molar-refractivity contribution in [2.24, 2.45) is 0 Å². The molecule has 0 spiro atoms. The smallest absolute Gasteiger partial charge is 0.338 e. The molecule has 5 rings (SSSR count). The molecule has 1 aliphatic heterocycles. The number of nitrogens with zero attached hydrogens (tertiary/aromatic N) is 2. The van der Waals surface area contributed by atoms with Gasteiger partial charge in [-0.25, -0.2) is 4.79 Å². The minimum Gasteiger partial charge on any atom is -0.507 e. The van der Waals surface area contributed by atoms with Gasteiger partial charge >= 0.3 is 5.97 Å². The van der Waals surface area contributed by atoms with E-state index >= 15 is 0 Å². The standard InChI is InChI=1S/C39H46N2O5S/c1-38(2,3)29-22-26(23-30(32(29)42)39(4,5)6)37(44)46-33-34(25-14-17-27(45-9)18-15-25)47-35-28-13-11-10-12-24(28)16-19-31(35)41(36(33)43)21-20-40(7)8/h10-19,22-23,33-34,42H,20-21H2,1-9H3/t33-,34+/m1/s1. The summed E-state index contributed by atoms with van der Waals surface area (Å²) in [6.07, 6.45) is -1.14. The third-order valence-electron chi connectivity index (χ3n) is 8.59. The molecule has 0 unspecified atom stereocenters. The topological polar surface area (TPSA) is 79.3 Å². The van der Waals surface area contributed by atoms with Gasteiger partial charge in [0.1, 0.15) is 11.5 Å². The first kappa shape index (κ1) is 34.3. The lowest BCUT2D eigenvalue weighted by Crippen LogP contribution is -2.45. The van der Waals surface area contributed by atoms with Crippen LogP contribution in [-0.4, -0.2) is 62.3 Å². The fourth-order valence-electron chi connectivity index (χ4n) is 5.92. The van der Waals surface area contributed by atoms with E-state index in [4.69, 9.17) is 9.47 Å². The summed E-state index contributed by atoms with van der Waals surface area (Å²) in [6, 6.07) is 23.2. The summed E-state index contributed by atoms with van der Waals surface area (Å²) >= 11 is 1.54. The number of fused-ring (bicyclic) bond motifs is 3. The van der Waals surface area contributed by atoms with Crippen molar-refractivity contribution in [1.29, 1.82) is 0 Å². The Morgan fingerprint density at radius 3 is 2.11 bits per heavy atom. The van der Waals surface area contributed by atoms with Gasteiger partial charge in [-0.2, -0.15) is 0 Å². The van der Waals surface area contributed by atoms with E-state index in [1.807, 2.05) is 109 Å². The number of rotatable bonds is 7. The highest BCUT2D eigenvalue weighted by Gasteiger charge is 2.42. The van der Waals surface area contributed by atoms with Gasteiger partial charge in [0, 0.05) is 29.1 Å². The quantitative estimate of drug-likeness (QED) is 0.202. The average molecular weight is 655 g/mol. The van der Waals surface area contributed by atoms with Crippen molar-refractivity contribution in [3.8, 4) is 11.5 Å². The Kier molecular flexibility index (Phi) is 9.67. The Morgan fingerprint density at radius 2 is 1.53 bits per heavy atom. The SMILES string of the molecule is COc1ccc([C@@H]2Sc3c(ccc4ccccc34)N(CCN(C)C)C(=O)[C@@H]2OC(=O)c2cc(C(C)(C)C)c(O)c(C(C)(C)C)c2)cc1. The molecular formula is C39H46N2O5S. The molecule has 1 aliphatic rings. The first-order valence-corrected chi connectivity index (χ1v) is 16.9. The second kappa shape index (κ2) is 13.2. The van der Waals surface area contributed by atoms with E-state index in [2.05, 4.69) is 12.1 Å². The number of amides is 1. The van der Waals surface area contributed by atoms with Crippen LogP contribution >= 0.6 is 11.8 Å². The summed E-state index contributed by atoms with van der Waals surface area (Å²) in [4.78, 5) is 33.8. The number of aromatic hydroxyl groups is 1. The number of phenolic OH excluding ortho intramolecular Hbond substituents is 1. The minimum absolute atomic E-state index is 0.177. The number of anilines is 1. The fourth-order valence-corrected chi connectivity index (χ4v) is 7.37. The summed E-state index contributed by atoms with van der Waals surface area (Å²) in [5.74, 6) is -0.0228. The van der Waals surface area contributed by atoms with Crippen LogP contribution in [0.2, 0.25) is 0 Å². The highest BCUT2D eigenvalue weighted by Crippen LogP contribution is 2.50. The van der Waals surface area contributed by atoms with E-state index in [-0.39, 0.29) is 11.7 Å². The number of esters is 1. The number of ether oxygens (including phenoxy) is 2. The fraction of sp³-hybridized carbons (Fsp3) is 0.385. The Bertz CT molecular complexity index is 1750. The Hall–Kier alpha value is -4.01. The number of carbonyl (C=O) groups is 2. The van der Waals surface area contributed by atoms with E-state index in [0.717, 1.165) is 26.9 Å². The van der Waals surface area contributed by atoms with Crippen LogP contribution in [0.3, 0.4) is 0 Å². The third-order valence-corrected chi connectivity index (χ3v) is 10.0. The first-order chi connectivity index (χ1) is 22.1. The first-order valence-electron chi connectivity index (χ1n) is 16.0. The normalized spacial score (nSPS) is 17.1. The van der Waals surface area contributed by atoms with Crippen LogP contribution in [-0.2, 0) is 20.4 Å². The van der Waals surface area contributed by atoms with Gasteiger partial charge in [-0.1, -0.05) is 84.0 Å². The number of hydrogen-bond acceptors (Lipinski definition) is 7. The minimum atomic E-state index is -1.14. The molecule has 47 heavy (non-hydrogen) atoms. The van der Waals surface area contributed by atoms with Crippen molar-refractivity contribution < 1.29 is 24.2 Å². The maximum absolute atomic E-state index is 14.8. The summed E-state index contributed by atoms with van der Waals surface area (Å²) in [5.41, 5.74) is 2.36. The summed E-state index contributed by atoms with van der Waals surface area (Å²) in [5, 5.41) is 12.8. The predicted octanol–water partition coefficient (Wildman–Crippen LogP) is 8.12. The van der Waals surface area contributed by atoms with Gasteiger partial charge in [0.2, 0.25) is 0 Å². The van der Waals surface area contributed by atoms with Gasteiger partial charge in [0.05, 0.1) is 23.6 Å². The molecule has 0 fully saturated rings. The number of benzene rings is 4. The average Bonchev–Trinajstić information content (AvgIpc) is 3.13. The molecule has 4 aromatic rings. The van der Waals surface area contributed by atoms with Crippen molar-refractivity contribution in [2.75, 3.05) is 39.2 Å². The summed E-state index contributed by atoms with van der Waals surface area (Å²) < 4.78 is 11.8. The van der Waals surface area contributed by atoms with Gasteiger partial charge in [-0.05, 0) is 71.6 Å². The van der Waals surface area contributed by atoms with Gasteiger partial charge in [0.25, 0.3) is 5.91 Å². The number of likely N-dealkylation sites (N-methyl/N-ethyl adjacent to an activating group) is 1. The van der Waals surface area contributed by atoms with E-state index in [1.54, 1.807) is 35.9 Å². The Morgan fingerprint density at radius 1 is 0.915 bits per heavy atom. The van der Waals surface area contributed by atoms with Gasteiger partial charge in [0.15, 0.2) is 6.10 Å². The molecule has 7 nitrogen and oxygen atoms in total. The van der Waals surface area contributed by atoms with Gasteiger partial charge in [-0.3, -0.25) is 4.79 Å². The summed E-state index contributed by atoms with van der Waals surface area (Å²) in [6.45, 7) is 13.0. The predicted molar refractivity (Wildman–Crippen MR) is 191 cm³/mol. The van der Waals surface area contributed by atoms with Gasteiger partial charge in [-0.15, -0.1) is 11.8 Å². The van der Waals surface area contributed by atoms with Crippen molar-refractivity contribution in [2.45, 2.75) is 68.6 Å². The van der Waals surface area contributed by atoms with Crippen LogP contribution < -0.4 is 9.64 Å². The molecule has 0 saturated heterocycles. The lowest BCUT2D eigenvalue weighted by Gasteiger charge is -2.30. The second-order valence-electron chi connectivity index (χ2n) is 14.5. The number of thioether (sulfide) groups is 1. The highest BCUT2D eigenvalue weighted by molar-refractivity contribution is 8.00. The third kappa shape index (κ3) is 7.14. The van der Waals surface area contributed by atoms with E-state index in [0.29, 0.717) is 35.5 Å². The van der Waals surface area contributed by atoms with Crippen LogP contribution in [0.15, 0.2) is 77.7 Å². The monoisotopic (exact) mass is 654 g/mol. The van der Waals surface area contributed by atoms with E-state index in [9.17, 15) is 14.7 Å². The lowest BCUT2D eigenvalue weighted by atomic mass is 9.78. The highest BCUT2D eigenvalue weighted by atomic mass is 32.2. The Balaban J connectivity index is 1.67. The van der Waals surface area contributed by atoms with Crippen LogP contribution in [0.25, 0.3) is 10.8 Å². The van der Waals surface area contributed by atoms with Gasteiger partial charge < -0.3 is 24.4 Å². The zero-order valence-electron chi connectivity index (χ0n) is 28.9. The molecular weight excluding hydrogens is 609 g/mol. The zero-order chi connectivity index (χ0) is 34.3. The van der Waals surface area contributed by atoms with Crippen molar-refractivity contribution in [1.82, 2.24) is 4.90 Å². The van der Waals surface area contributed by atoms with Crippen LogP contribution in [0.4, 0.5) is 5.69 Å². The van der Waals surface area contributed by atoms with Crippen molar-refractivity contribution >= 4 is 40.1 Å². The molecule has 1 heterocycles. The number of carbonyl (C=O) groups excluding carboxylic acids is 2. The molecule has 0 radical (unpaired) electrons. The molecule has 0 bridgehead atoms. The van der Waals surface area contributed by atoms with E-state index in [1.165, 1.54) is 0 Å². The zero-order valence-corrected chi connectivity index (χ0v) is 29.7. The number of methoxy groups -OCH3 is 1.